The van der Waals surface area contributed by atoms with E-state index in [1.54, 1.807) is 23.4 Å². The molecule has 0 atom stereocenters. The van der Waals surface area contributed by atoms with Crippen LogP contribution in [0.1, 0.15) is 45.6 Å². The minimum atomic E-state index is -3.57. The molecule has 0 radical (unpaired) electrons. The highest BCUT2D eigenvalue weighted by molar-refractivity contribution is 7.89. The maximum Gasteiger partial charge on any atom is 0.243 e. The van der Waals surface area contributed by atoms with E-state index in [0.717, 1.165) is 19.3 Å². The number of rotatable bonds is 9. The summed E-state index contributed by atoms with van der Waals surface area (Å²) in [6.45, 7) is 8.22. The van der Waals surface area contributed by atoms with E-state index in [1.807, 2.05) is 13.8 Å². The van der Waals surface area contributed by atoms with Crippen LogP contribution < -0.4 is 9.47 Å². The van der Waals surface area contributed by atoms with Crippen LogP contribution >= 0.6 is 0 Å². The van der Waals surface area contributed by atoms with E-state index in [2.05, 4.69) is 6.92 Å². The maximum atomic E-state index is 13.1. The average Bonchev–Trinajstić information content (AvgIpc) is 2.50. The summed E-state index contributed by atoms with van der Waals surface area (Å²) in [5, 5.41) is 0. The Hall–Kier alpha value is -1.27. The smallest absolute Gasteiger partial charge is 0.243 e. The van der Waals surface area contributed by atoms with Gasteiger partial charge in [0, 0.05) is 18.7 Å². The largest absolute Gasteiger partial charge is 0.493 e. The minimum Gasteiger partial charge on any atom is -0.493 e. The molecular weight excluding hydrogens is 314 g/mol. The van der Waals surface area contributed by atoms with Gasteiger partial charge in [-0.05, 0) is 38.8 Å². The van der Waals surface area contributed by atoms with Crippen LogP contribution in [-0.2, 0) is 10.0 Å². The zero-order valence-electron chi connectivity index (χ0n) is 15.0. The first kappa shape index (κ1) is 19.8. The molecule has 1 aromatic carbocycles. The average molecular weight is 343 g/mol. The molecule has 0 unspecified atom stereocenters. The molecular formula is C17H29NO4S. The van der Waals surface area contributed by atoms with E-state index in [9.17, 15) is 8.42 Å². The molecule has 0 aliphatic heterocycles. The van der Waals surface area contributed by atoms with Gasteiger partial charge in [-0.2, -0.15) is 4.31 Å². The molecule has 0 amide bonds. The Bertz CT molecular complexity index is 611. The van der Waals surface area contributed by atoms with Crippen molar-refractivity contribution in [3.63, 3.8) is 0 Å². The van der Waals surface area contributed by atoms with Gasteiger partial charge in [-0.25, -0.2) is 8.42 Å². The first-order valence-corrected chi connectivity index (χ1v) is 9.48. The van der Waals surface area contributed by atoms with Crippen molar-refractivity contribution in [3.8, 4) is 11.5 Å². The van der Waals surface area contributed by atoms with Gasteiger partial charge in [0.1, 0.15) is 0 Å². The molecule has 0 fully saturated rings. The summed E-state index contributed by atoms with van der Waals surface area (Å²) in [7, 11) is -0.528. The summed E-state index contributed by atoms with van der Waals surface area (Å²) in [5.41, 5.74) is 0.656. The molecule has 1 rings (SSSR count). The molecule has 1 aromatic rings. The van der Waals surface area contributed by atoms with Crippen molar-refractivity contribution in [2.24, 2.45) is 0 Å². The maximum absolute atomic E-state index is 13.1. The van der Waals surface area contributed by atoms with Crippen LogP contribution in [0.5, 0.6) is 11.5 Å². The highest BCUT2D eigenvalue weighted by Crippen LogP contribution is 2.34. The van der Waals surface area contributed by atoms with E-state index in [4.69, 9.17) is 9.47 Å². The Balaban J connectivity index is 3.28. The van der Waals surface area contributed by atoms with Crippen LogP contribution in [0.2, 0.25) is 0 Å². The lowest BCUT2D eigenvalue weighted by atomic mass is 10.2. The van der Waals surface area contributed by atoms with Gasteiger partial charge < -0.3 is 9.47 Å². The van der Waals surface area contributed by atoms with Gasteiger partial charge in [0.25, 0.3) is 0 Å². The fourth-order valence-electron chi connectivity index (χ4n) is 2.54. The Morgan fingerprint density at radius 2 is 1.65 bits per heavy atom. The van der Waals surface area contributed by atoms with Crippen LogP contribution in [0, 0.1) is 6.92 Å². The molecule has 0 N–H and O–H groups in total. The molecule has 5 nitrogen and oxygen atoms in total. The van der Waals surface area contributed by atoms with E-state index in [0.29, 0.717) is 23.6 Å². The molecule has 6 heteroatoms. The Morgan fingerprint density at radius 1 is 1.09 bits per heavy atom. The van der Waals surface area contributed by atoms with Crippen LogP contribution in [-0.4, -0.2) is 39.5 Å². The first-order chi connectivity index (χ1) is 10.8. The van der Waals surface area contributed by atoms with Crippen LogP contribution in [0.15, 0.2) is 17.0 Å². The van der Waals surface area contributed by atoms with Crippen LogP contribution in [0.4, 0.5) is 0 Å². The molecule has 23 heavy (non-hydrogen) atoms. The van der Waals surface area contributed by atoms with Gasteiger partial charge in [0.2, 0.25) is 10.0 Å². The summed E-state index contributed by atoms with van der Waals surface area (Å²) >= 11 is 0. The lowest BCUT2D eigenvalue weighted by Gasteiger charge is -2.27. The Kier molecular flexibility index (Phi) is 7.35. The second kappa shape index (κ2) is 8.55. The molecule has 0 aliphatic rings. The molecule has 0 bridgehead atoms. The lowest BCUT2D eigenvalue weighted by molar-refractivity contribution is 0.342. The third kappa shape index (κ3) is 4.61. The second-order valence-electron chi connectivity index (χ2n) is 5.89. The molecule has 0 saturated heterocycles. The van der Waals surface area contributed by atoms with Crippen LogP contribution in [0.3, 0.4) is 0 Å². The quantitative estimate of drug-likeness (QED) is 0.643. The highest BCUT2D eigenvalue weighted by Gasteiger charge is 2.29. The van der Waals surface area contributed by atoms with Gasteiger partial charge in [-0.3, -0.25) is 0 Å². The molecule has 0 heterocycles. The standard InChI is InChI=1S/C17H29NO4S/c1-7-8-9-10-18(13(2)3)23(19,20)17-12-16(22-6)15(21-5)11-14(17)4/h11-13H,7-10H2,1-6H3. The van der Waals surface area contributed by atoms with Crippen molar-refractivity contribution in [1.29, 1.82) is 0 Å². The predicted octanol–water partition coefficient (Wildman–Crippen LogP) is 3.60. The van der Waals surface area contributed by atoms with E-state index in [1.165, 1.54) is 14.2 Å². The molecule has 0 spiro atoms. The highest BCUT2D eigenvalue weighted by atomic mass is 32.2. The second-order valence-corrected chi connectivity index (χ2v) is 7.75. The van der Waals surface area contributed by atoms with E-state index in [-0.39, 0.29) is 10.9 Å². The van der Waals surface area contributed by atoms with Crippen molar-refractivity contribution >= 4 is 10.0 Å². The van der Waals surface area contributed by atoms with Gasteiger partial charge in [-0.1, -0.05) is 19.8 Å². The Labute approximate surface area is 140 Å². The summed E-state index contributed by atoms with van der Waals surface area (Å²) < 4.78 is 38.2. The molecule has 0 aliphatic carbocycles. The Morgan fingerprint density at radius 3 is 2.13 bits per heavy atom. The van der Waals surface area contributed by atoms with Crippen molar-refractivity contribution in [2.75, 3.05) is 20.8 Å². The molecule has 0 aromatic heterocycles. The number of hydrogen-bond acceptors (Lipinski definition) is 4. The van der Waals surface area contributed by atoms with Gasteiger partial charge in [-0.15, -0.1) is 0 Å². The SMILES string of the molecule is CCCCCN(C(C)C)S(=O)(=O)c1cc(OC)c(OC)cc1C. The summed E-state index contributed by atoms with van der Waals surface area (Å²) in [5.74, 6) is 0.958. The number of aryl methyl sites for hydroxylation is 1. The predicted molar refractivity (Wildman–Crippen MR) is 92.8 cm³/mol. The summed E-state index contributed by atoms with van der Waals surface area (Å²) in [6, 6.07) is 3.17. The number of benzene rings is 1. The summed E-state index contributed by atoms with van der Waals surface area (Å²) in [6.07, 6.45) is 2.94. The first-order valence-electron chi connectivity index (χ1n) is 8.04. The lowest BCUT2D eigenvalue weighted by Crippen LogP contribution is -2.38. The summed E-state index contributed by atoms with van der Waals surface area (Å²) in [4.78, 5) is 0.278. The van der Waals surface area contributed by atoms with Crippen LogP contribution in [0.25, 0.3) is 0 Å². The number of unbranched alkanes of at least 4 members (excludes halogenated alkanes) is 2. The molecule has 132 valence electrons. The van der Waals surface area contributed by atoms with Crippen molar-refractivity contribution in [3.05, 3.63) is 17.7 Å². The minimum absolute atomic E-state index is 0.0932. The third-order valence-corrected chi connectivity index (χ3v) is 6.04. The van der Waals surface area contributed by atoms with Crippen molar-refractivity contribution in [1.82, 2.24) is 4.31 Å². The van der Waals surface area contributed by atoms with Crippen molar-refractivity contribution < 1.29 is 17.9 Å². The number of nitrogens with zero attached hydrogens (tertiary/aromatic N) is 1. The van der Waals surface area contributed by atoms with Gasteiger partial charge in [0.15, 0.2) is 11.5 Å². The monoisotopic (exact) mass is 343 g/mol. The molecule has 0 saturated carbocycles. The normalized spacial score (nSPS) is 12.0. The number of hydrogen-bond donors (Lipinski definition) is 0. The number of sulfonamides is 1. The van der Waals surface area contributed by atoms with Gasteiger partial charge >= 0.3 is 0 Å². The fourth-order valence-corrected chi connectivity index (χ4v) is 4.44. The van der Waals surface area contributed by atoms with E-state index >= 15 is 0 Å². The third-order valence-electron chi connectivity index (χ3n) is 3.83. The number of ether oxygens (including phenoxy) is 2. The zero-order valence-corrected chi connectivity index (χ0v) is 15.9. The zero-order chi connectivity index (χ0) is 17.6. The van der Waals surface area contributed by atoms with Gasteiger partial charge in [0.05, 0.1) is 19.1 Å². The fraction of sp³-hybridized carbons (Fsp3) is 0.647. The van der Waals surface area contributed by atoms with Crippen molar-refractivity contribution in [2.45, 2.75) is 57.9 Å². The topological polar surface area (TPSA) is 55.8 Å². The van der Waals surface area contributed by atoms with E-state index < -0.39 is 10.0 Å². The number of methoxy groups -OCH3 is 2.